The maximum Gasteiger partial charge on any atom is 0.387 e. The topological polar surface area (TPSA) is 67.6 Å². The lowest BCUT2D eigenvalue weighted by atomic mass is 10.2. The molecule has 2 rings (SSSR count). The second-order valence-electron chi connectivity index (χ2n) is 6.02. The average molecular weight is 508 g/mol. The molecule has 156 valence electrons. The van der Waals surface area contributed by atoms with Crippen molar-refractivity contribution in [2.45, 2.75) is 39.5 Å². The standard InChI is InChI=1S/C18H26F2N6O.HI/c1-3-21-18(22-10-4-5-11-26-13-23-24-14-26)25(2)12-15-6-8-16(9-7-15)27-17(19)20;/h6-9,13-14,17H,3-5,10-12H2,1-2H3,(H,21,22);1H. The number of nitrogens with zero attached hydrogens (tertiary/aromatic N) is 5. The fourth-order valence-electron chi connectivity index (χ4n) is 2.52. The molecule has 0 unspecified atom stereocenters. The van der Waals surface area contributed by atoms with E-state index in [0.717, 1.165) is 44.0 Å². The van der Waals surface area contributed by atoms with Crippen LogP contribution in [0.4, 0.5) is 8.78 Å². The van der Waals surface area contributed by atoms with Crippen LogP contribution in [-0.4, -0.2) is 52.4 Å². The van der Waals surface area contributed by atoms with Gasteiger partial charge < -0.3 is 19.5 Å². The lowest BCUT2D eigenvalue weighted by Gasteiger charge is -2.22. The number of nitrogens with one attached hydrogen (secondary N) is 1. The third-order valence-electron chi connectivity index (χ3n) is 3.82. The molecule has 7 nitrogen and oxygen atoms in total. The highest BCUT2D eigenvalue weighted by Crippen LogP contribution is 2.15. The number of aryl methyl sites for hydroxylation is 1. The molecule has 0 aliphatic carbocycles. The van der Waals surface area contributed by atoms with E-state index in [9.17, 15) is 8.78 Å². The molecule has 0 aliphatic rings. The Morgan fingerprint density at radius 3 is 2.50 bits per heavy atom. The van der Waals surface area contributed by atoms with Gasteiger partial charge in [0.2, 0.25) is 0 Å². The summed E-state index contributed by atoms with van der Waals surface area (Å²) >= 11 is 0. The van der Waals surface area contributed by atoms with Gasteiger partial charge in [0, 0.05) is 33.2 Å². The number of hydrogen-bond donors (Lipinski definition) is 1. The fraction of sp³-hybridized carbons (Fsp3) is 0.500. The van der Waals surface area contributed by atoms with Crippen molar-refractivity contribution in [1.82, 2.24) is 25.0 Å². The van der Waals surface area contributed by atoms with Crippen LogP contribution in [0, 0.1) is 0 Å². The molecule has 0 fully saturated rings. The third kappa shape index (κ3) is 8.81. The number of rotatable bonds is 10. The van der Waals surface area contributed by atoms with E-state index in [4.69, 9.17) is 0 Å². The average Bonchev–Trinajstić information content (AvgIpc) is 3.15. The van der Waals surface area contributed by atoms with Gasteiger partial charge in [0.15, 0.2) is 5.96 Å². The molecule has 0 bridgehead atoms. The molecule has 0 aliphatic heterocycles. The van der Waals surface area contributed by atoms with Gasteiger partial charge in [-0.15, -0.1) is 34.2 Å². The van der Waals surface area contributed by atoms with Gasteiger partial charge in [-0.25, -0.2) is 0 Å². The van der Waals surface area contributed by atoms with Crippen LogP contribution >= 0.6 is 24.0 Å². The van der Waals surface area contributed by atoms with Gasteiger partial charge >= 0.3 is 6.61 Å². The van der Waals surface area contributed by atoms with Gasteiger partial charge in [0.1, 0.15) is 18.4 Å². The van der Waals surface area contributed by atoms with Crippen LogP contribution in [0.2, 0.25) is 0 Å². The highest BCUT2D eigenvalue weighted by Gasteiger charge is 2.08. The monoisotopic (exact) mass is 508 g/mol. The van der Waals surface area contributed by atoms with E-state index < -0.39 is 6.61 Å². The number of halogens is 3. The Morgan fingerprint density at radius 2 is 1.89 bits per heavy atom. The molecular formula is C18H27F2IN6O. The van der Waals surface area contributed by atoms with Gasteiger partial charge in [0.25, 0.3) is 0 Å². The summed E-state index contributed by atoms with van der Waals surface area (Å²) in [5, 5.41) is 10.8. The Balaban J connectivity index is 0.00000392. The number of unbranched alkanes of at least 4 members (excludes halogenated alkanes) is 1. The molecule has 10 heteroatoms. The lowest BCUT2D eigenvalue weighted by Crippen LogP contribution is -2.38. The maximum atomic E-state index is 12.2. The normalized spacial score (nSPS) is 11.2. The zero-order valence-corrected chi connectivity index (χ0v) is 18.4. The summed E-state index contributed by atoms with van der Waals surface area (Å²) in [6.07, 6.45) is 5.37. The summed E-state index contributed by atoms with van der Waals surface area (Å²) in [4.78, 5) is 6.66. The number of guanidine groups is 1. The predicted molar refractivity (Wildman–Crippen MR) is 115 cm³/mol. The minimum absolute atomic E-state index is 0. The van der Waals surface area contributed by atoms with Gasteiger partial charge in [-0.3, -0.25) is 4.99 Å². The first-order chi connectivity index (χ1) is 13.1. The lowest BCUT2D eigenvalue weighted by molar-refractivity contribution is -0.0498. The summed E-state index contributed by atoms with van der Waals surface area (Å²) in [7, 11) is 1.95. The Morgan fingerprint density at radius 1 is 1.21 bits per heavy atom. The molecule has 0 saturated carbocycles. The van der Waals surface area contributed by atoms with Crippen molar-refractivity contribution in [1.29, 1.82) is 0 Å². The first kappa shape index (κ1) is 24.1. The van der Waals surface area contributed by atoms with Crippen LogP contribution in [0.5, 0.6) is 5.75 Å². The number of ether oxygens (including phenoxy) is 1. The van der Waals surface area contributed by atoms with Gasteiger partial charge in [-0.05, 0) is 37.5 Å². The summed E-state index contributed by atoms with van der Waals surface area (Å²) < 4.78 is 30.7. The van der Waals surface area contributed by atoms with E-state index in [1.165, 1.54) is 0 Å². The minimum atomic E-state index is -2.81. The molecular weight excluding hydrogens is 481 g/mol. The van der Waals surface area contributed by atoms with E-state index in [1.807, 2.05) is 23.4 Å². The molecule has 1 aromatic heterocycles. The van der Waals surface area contributed by atoms with Crippen molar-refractivity contribution in [2.24, 2.45) is 4.99 Å². The van der Waals surface area contributed by atoms with E-state index >= 15 is 0 Å². The highest BCUT2D eigenvalue weighted by molar-refractivity contribution is 14.0. The number of aromatic nitrogens is 3. The van der Waals surface area contributed by atoms with Crippen LogP contribution in [0.15, 0.2) is 41.9 Å². The van der Waals surface area contributed by atoms with Gasteiger partial charge in [0.05, 0.1) is 0 Å². The number of hydrogen-bond acceptors (Lipinski definition) is 4. The van der Waals surface area contributed by atoms with Gasteiger partial charge in [-0.2, -0.15) is 8.78 Å². The smallest absolute Gasteiger partial charge is 0.387 e. The zero-order valence-electron chi connectivity index (χ0n) is 16.1. The van der Waals surface area contributed by atoms with Crippen molar-refractivity contribution >= 4 is 29.9 Å². The molecule has 0 atom stereocenters. The van der Waals surface area contributed by atoms with Crippen LogP contribution in [0.3, 0.4) is 0 Å². The highest BCUT2D eigenvalue weighted by atomic mass is 127. The largest absolute Gasteiger partial charge is 0.435 e. The predicted octanol–water partition coefficient (Wildman–Crippen LogP) is 3.38. The summed E-state index contributed by atoms with van der Waals surface area (Å²) in [6.45, 7) is 2.19. The van der Waals surface area contributed by atoms with Crippen molar-refractivity contribution in [2.75, 3.05) is 20.1 Å². The molecule has 1 aromatic carbocycles. The maximum absolute atomic E-state index is 12.2. The number of aliphatic imine (C=N–C) groups is 1. The van der Waals surface area contributed by atoms with Gasteiger partial charge in [-0.1, -0.05) is 12.1 Å². The third-order valence-corrected chi connectivity index (χ3v) is 3.82. The van der Waals surface area contributed by atoms with Crippen molar-refractivity contribution < 1.29 is 13.5 Å². The van der Waals surface area contributed by atoms with Crippen LogP contribution in [-0.2, 0) is 13.1 Å². The Kier molecular flexibility index (Phi) is 11.4. The second-order valence-corrected chi connectivity index (χ2v) is 6.02. The van der Waals surface area contributed by atoms with E-state index in [1.54, 1.807) is 36.9 Å². The van der Waals surface area contributed by atoms with E-state index in [-0.39, 0.29) is 29.7 Å². The second kappa shape index (κ2) is 13.2. The summed E-state index contributed by atoms with van der Waals surface area (Å²) in [5.74, 6) is 0.972. The van der Waals surface area contributed by atoms with E-state index in [2.05, 4.69) is 25.2 Å². The Hall–Kier alpha value is -1.98. The molecule has 0 spiro atoms. The Bertz CT molecular complexity index is 682. The van der Waals surface area contributed by atoms with Crippen LogP contribution in [0.25, 0.3) is 0 Å². The molecule has 0 saturated heterocycles. The SMILES string of the molecule is CCNC(=NCCCCn1cnnc1)N(C)Cc1ccc(OC(F)F)cc1.I. The zero-order chi connectivity index (χ0) is 19.5. The van der Waals surface area contributed by atoms with Crippen molar-refractivity contribution in [3.05, 3.63) is 42.5 Å². The molecule has 2 aromatic rings. The van der Waals surface area contributed by atoms with Crippen LogP contribution < -0.4 is 10.1 Å². The summed E-state index contributed by atoms with van der Waals surface area (Å²) in [5.41, 5.74) is 0.984. The minimum Gasteiger partial charge on any atom is -0.435 e. The fourth-order valence-corrected chi connectivity index (χ4v) is 2.52. The quantitative estimate of drug-likeness (QED) is 0.231. The van der Waals surface area contributed by atoms with Crippen molar-refractivity contribution in [3.8, 4) is 5.75 Å². The molecule has 1 N–H and O–H groups in total. The molecule has 1 heterocycles. The van der Waals surface area contributed by atoms with Crippen LogP contribution in [0.1, 0.15) is 25.3 Å². The number of alkyl halides is 2. The van der Waals surface area contributed by atoms with Crippen molar-refractivity contribution in [3.63, 3.8) is 0 Å². The first-order valence-electron chi connectivity index (χ1n) is 8.94. The summed E-state index contributed by atoms with van der Waals surface area (Å²) in [6, 6.07) is 6.64. The van der Waals surface area contributed by atoms with E-state index in [0.29, 0.717) is 6.54 Å². The Labute approximate surface area is 181 Å². The number of benzene rings is 1. The molecule has 28 heavy (non-hydrogen) atoms. The molecule has 0 radical (unpaired) electrons. The first-order valence-corrected chi connectivity index (χ1v) is 8.94. The molecule has 0 amide bonds.